The molecule has 0 N–H and O–H groups in total. The predicted molar refractivity (Wildman–Crippen MR) is 205 cm³/mol. The fourth-order valence-electron chi connectivity index (χ4n) is 7.33. The lowest BCUT2D eigenvalue weighted by Gasteiger charge is -2.11. The second kappa shape index (κ2) is 11.4. The van der Waals surface area contributed by atoms with Gasteiger partial charge in [-0.15, -0.1) is 0 Å². The Labute approximate surface area is 288 Å². The summed E-state index contributed by atoms with van der Waals surface area (Å²) < 4.78 is 4.61. The van der Waals surface area contributed by atoms with Gasteiger partial charge >= 0.3 is 0 Å². The van der Waals surface area contributed by atoms with Crippen molar-refractivity contribution in [2.24, 2.45) is 0 Å². The second-order valence-electron chi connectivity index (χ2n) is 12.5. The molecule has 7 aromatic carbocycles. The van der Waals surface area contributed by atoms with Crippen LogP contribution in [-0.4, -0.2) is 24.1 Å². The third-order valence-electron chi connectivity index (χ3n) is 9.57. The Morgan fingerprint density at radius 2 is 0.880 bits per heavy atom. The van der Waals surface area contributed by atoms with Gasteiger partial charge in [-0.1, -0.05) is 140 Å². The van der Waals surface area contributed by atoms with Gasteiger partial charge in [0.1, 0.15) is 0 Å². The number of rotatable bonds is 5. The molecule has 0 aliphatic carbocycles. The Morgan fingerprint density at radius 1 is 0.340 bits per heavy atom. The van der Waals surface area contributed by atoms with E-state index in [1.807, 2.05) is 60.7 Å². The minimum absolute atomic E-state index is 0.581. The van der Waals surface area contributed by atoms with E-state index in [0.29, 0.717) is 17.6 Å². The number of hydrogen-bond acceptors (Lipinski definition) is 3. The first-order valence-electron chi connectivity index (χ1n) is 16.8. The predicted octanol–water partition coefficient (Wildman–Crippen LogP) is 11.1. The third-order valence-corrected chi connectivity index (χ3v) is 9.57. The average Bonchev–Trinajstić information content (AvgIpc) is 3.71. The highest BCUT2D eigenvalue weighted by Crippen LogP contribution is 2.42. The quantitative estimate of drug-likeness (QED) is 0.188. The molecule has 0 aliphatic heterocycles. The Kier molecular flexibility index (Phi) is 6.42. The summed E-state index contributed by atoms with van der Waals surface area (Å²) in [4.78, 5) is 15.3. The molecule has 0 unspecified atom stereocenters. The number of nitrogens with zero attached hydrogens (tertiary/aromatic N) is 5. The van der Waals surface area contributed by atoms with Gasteiger partial charge in [-0.05, 0) is 47.5 Å². The van der Waals surface area contributed by atoms with E-state index in [1.54, 1.807) is 0 Å². The van der Waals surface area contributed by atoms with Gasteiger partial charge in [-0.3, -0.25) is 4.57 Å². The van der Waals surface area contributed by atoms with E-state index >= 15 is 0 Å². The highest BCUT2D eigenvalue weighted by molar-refractivity contribution is 6.26. The Bertz CT molecular complexity index is 2780. The van der Waals surface area contributed by atoms with Crippen LogP contribution in [0.15, 0.2) is 176 Å². The minimum Gasteiger partial charge on any atom is -0.309 e. The van der Waals surface area contributed by atoms with Gasteiger partial charge in [0.15, 0.2) is 11.6 Å². The zero-order chi connectivity index (χ0) is 33.0. The van der Waals surface area contributed by atoms with Crippen LogP contribution < -0.4 is 0 Å². The molecular weight excluding hydrogens is 611 g/mol. The summed E-state index contributed by atoms with van der Waals surface area (Å²) in [5.74, 6) is 1.85. The van der Waals surface area contributed by atoms with Crippen molar-refractivity contribution in [1.82, 2.24) is 24.1 Å². The number of para-hydroxylation sites is 2. The number of fused-ring (bicyclic) bond motifs is 7. The van der Waals surface area contributed by atoms with Crippen LogP contribution in [0, 0.1) is 0 Å². The minimum atomic E-state index is 0.581. The smallest absolute Gasteiger partial charge is 0.238 e. The fourth-order valence-corrected chi connectivity index (χ4v) is 7.33. The number of aromatic nitrogens is 5. The monoisotopic (exact) mass is 639 g/mol. The van der Waals surface area contributed by atoms with Crippen molar-refractivity contribution < 1.29 is 0 Å². The summed E-state index contributed by atoms with van der Waals surface area (Å²) in [5.41, 5.74) is 9.77. The van der Waals surface area contributed by atoms with Crippen molar-refractivity contribution in [2.75, 3.05) is 0 Å². The molecule has 50 heavy (non-hydrogen) atoms. The summed E-state index contributed by atoms with van der Waals surface area (Å²) >= 11 is 0. The highest BCUT2D eigenvalue weighted by Gasteiger charge is 2.23. The van der Waals surface area contributed by atoms with Crippen LogP contribution >= 0.6 is 0 Å². The van der Waals surface area contributed by atoms with E-state index in [9.17, 15) is 0 Å². The molecule has 5 nitrogen and oxygen atoms in total. The van der Waals surface area contributed by atoms with Crippen molar-refractivity contribution in [3.8, 4) is 45.5 Å². The molecule has 0 aliphatic rings. The van der Waals surface area contributed by atoms with Crippen LogP contribution in [0.25, 0.3) is 89.2 Å². The van der Waals surface area contributed by atoms with Crippen molar-refractivity contribution in [1.29, 1.82) is 0 Å². The lowest BCUT2D eigenvalue weighted by atomic mass is 10.0. The zero-order valence-corrected chi connectivity index (χ0v) is 27.0. The molecule has 10 aromatic rings. The Balaban J connectivity index is 1.33. The van der Waals surface area contributed by atoms with E-state index < -0.39 is 0 Å². The van der Waals surface area contributed by atoms with E-state index in [1.165, 1.54) is 21.9 Å². The number of hydrogen-bond donors (Lipinski definition) is 0. The third kappa shape index (κ3) is 4.45. The van der Waals surface area contributed by atoms with Crippen molar-refractivity contribution in [2.45, 2.75) is 0 Å². The summed E-state index contributed by atoms with van der Waals surface area (Å²) in [6.07, 6.45) is 0. The van der Waals surface area contributed by atoms with Gasteiger partial charge in [0.25, 0.3) is 0 Å². The van der Waals surface area contributed by atoms with Gasteiger partial charge in [0, 0.05) is 38.4 Å². The lowest BCUT2D eigenvalue weighted by Crippen LogP contribution is -2.06. The first-order valence-corrected chi connectivity index (χ1v) is 16.8. The van der Waals surface area contributed by atoms with E-state index in [-0.39, 0.29) is 0 Å². The maximum Gasteiger partial charge on any atom is 0.238 e. The molecule has 0 fully saturated rings. The van der Waals surface area contributed by atoms with Gasteiger partial charge < -0.3 is 4.57 Å². The SMILES string of the molecule is c1ccc(-c2ccc3c(c2)c2ccc4c(c5ccccc5n4-c4nc(-c5ccccc5)nc(-c5ccccc5)n4)c2n3-c2ccccc2)cc1. The van der Waals surface area contributed by atoms with Gasteiger partial charge in [-0.25, -0.2) is 4.98 Å². The van der Waals surface area contributed by atoms with Gasteiger partial charge in [0.05, 0.1) is 22.1 Å². The first-order chi connectivity index (χ1) is 24.8. The maximum absolute atomic E-state index is 5.15. The van der Waals surface area contributed by atoms with E-state index in [0.717, 1.165) is 49.7 Å². The van der Waals surface area contributed by atoms with Crippen LogP contribution in [0.2, 0.25) is 0 Å². The summed E-state index contributed by atoms with van der Waals surface area (Å²) in [6.45, 7) is 0. The molecule has 10 rings (SSSR count). The topological polar surface area (TPSA) is 48.5 Å². The van der Waals surface area contributed by atoms with Crippen molar-refractivity contribution in [3.63, 3.8) is 0 Å². The van der Waals surface area contributed by atoms with Crippen molar-refractivity contribution >= 4 is 43.6 Å². The summed E-state index contributed by atoms with van der Waals surface area (Å²) in [6, 6.07) is 61.5. The largest absolute Gasteiger partial charge is 0.309 e. The second-order valence-corrected chi connectivity index (χ2v) is 12.5. The Hall–Kier alpha value is -6.85. The van der Waals surface area contributed by atoms with Crippen LogP contribution in [0.1, 0.15) is 0 Å². The normalized spacial score (nSPS) is 11.6. The molecule has 0 bridgehead atoms. The molecule has 0 amide bonds. The molecule has 0 saturated heterocycles. The first kappa shape index (κ1) is 28.2. The summed E-state index contributed by atoms with van der Waals surface area (Å²) in [7, 11) is 0. The van der Waals surface area contributed by atoms with E-state index in [2.05, 4.69) is 124 Å². The van der Waals surface area contributed by atoms with Crippen LogP contribution in [-0.2, 0) is 0 Å². The van der Waals surface area contributed by atoms with Crippen LogP contribution in [0.4, 0.5) is 0 Å². The molecule has 0 saturated carbocycles. The van der Waals surface area contributed by atoms with Gasteiger partial charge in [0.2, 0.25) is 5.95 Å². The average molecular weight is 640 g/mol. The van der Waals surface area contributed by atoms with E-state index in [4.69, 9.17) is 15.0 Å². The maximum atomic E-state index is 5.15. The molecule has 0 spiro atoms. The molecule has 0 radical (unpaired) electrons. The van der Waals surface area contributed by atoms with Crippen LogP contribution in [0.3, 0.4) is 0 Å². The van der Waals surface area contributed by atoms with Crippen LogP contribution in [0.5, 0.6) is 0 Å². The van der Waals surface area contributed by atoms with Gasteiger partial charge in [-0.2, -0.15) is 9.97 Å². The molecule has 3 heterocycles. The fraction of sp³-hybridized carbons (Fsp3) is 0. The molecule has 0 atom stereocenters. The van der Waals surface area contributed by atoms with Crippen molar-refractivity contribution in [3.05, 3.63) is 176 Å². The molecule has 234 valence electrons. The molecule has 3 aromatic heterocycles. The number of benzene rings is 7. The summed E-state index contributed by atoms with van der Waals surface area (Å²) in [5, 5.41) is 4.70. The molecular formula is C45H29N5. The standard InChI is InChI=1S/C45H29N5/c1-5-15-30(16-6-1)33-25-27-39-37(29-33)35-26-28-40-41(42(35)49(39)34-21-11-4-12-22-34)36-23-13-14-24-38(36)50(40)45-47-43(31-17-7-2-8-18-31)46-44(48-45)32-19-9-3-10-20-32/h1-29H. The lowest BCUT2D eigenvalue weighted by molar-refractivity contribution is 0.953. The zero-order valence-electron chi connectivity index (χ0n) is 27.0. The Morgan fingerprint density at radius 3 is 1.54 bits per heavy atom. The molecule has 5 heteroatoms. The highest BCUT2D eigenvalue weighted by atomic mass is 15.2.